The molecule has 0 aliphatic heterocycles. The minimum Gasteiger partial charge on any atom is -0.412 e. The van der Waals surface area contributed by atoms with Gasteiger partial charge in [-0.1, -0.05) is 89.1 Å². The maximum atomic E-state index is 9.87. The molecule has 0 saturated carbocycles. The first kappa shape index (κ1) is 31.6. The van der Waals surface area contributed by atoms with Crippen LogP contribution in [0.4, 0.5) is 0 Å². The van der Waals surface area contributed by atoms with Gasteiger partial charge in [-0.2, -0.15) is 0 Å². The van der Waals surface area contributed by atoms with Gasteiger partial charge in [-0.3, -0.25) is 0 Å². The van der Waals surface area contributed by atoms with Gasteiger partial charge in [-0.25, -0.2) is 0 Å². The third-order valence-electron chi connectivity index (χ3n) is 5.47. The van der Waals surface area contributed by atoms with Gasteiger partial charge in [0.1, 0.15) is 0 Å². The first-order valence-corrected chi connectivity index (χ1v) is 19.9. The second kappa shape index (κ2) is 18.0. The molecule has 0 spiro atoms. The molecule has 0 aromatic heterocycles. The van der Waals surface area contributed by atoms with Gasteiger partial charge in [-0.15, -0.1) is 0 Å². The highest BCUT2D eigenvalue weighted by molar-refractivity contribution is 6.70. The van der Waals surface area contributed by atoms with Gasteiger partial charge < -0.3 is 14.0 Å². The zero-order valence-corrected chi connectivity index (χ0v) is 24.2. The van der Waals surface area contributed by atoms with Crippen LogP contribution in [-0.2, 0) is 8.85 Å². The van der Waals surface area contributed by atoms with Crippen molar-refractivity contribution in [3.05, 3.63) is 10.4 Å². The molecular formula is C24H53N3O3Si2. The van der Waals surface area contributed by atoms with Crippen LogP contribution in [0.5, 0.6) is 0 Å². The fourth-order valence-corrected chi connectivity index (χ4v) is 6.30. The zero-order chi connectivity index (χ0) is 24.5. The summed E-state index contributed by atoms with van der Waals surface area (Å²) >= 11 is 0. The quantitative estimate of drug-likeness (QED) is 0.0581. The number of hydrogen-bond acceptors (Lipinski definition) is 4. The minimum absolute atomic E-state index is 0.140. The SMILES string of the molecule is CCCCCCCCCCCCCC[C@@H](O[Si](C)(C)C)[C@@H](O[Si](C)(C)C)[C@@H](CO)N=[N+]=[N-]. The molecule has 0 aliphatic carbocycles. The summed E-state index contributed by atoms with van der Waals surface area (Å²) in [5.41, 5.74) is 8.99. The first-order chi connectivity index (χ1) is 15.0. The van der Waals surface area contributed by atoms with E-state index in [1.54, 1.807) is 0 Å². The minimum atomic E-state index is -1.91. The largest absolute Gasteiger partial charge is 0.412 e. The van der Waals surface area contributed by atoms with E-state index in [0.717, 1.165) is 12.8 Å². The Morgan fingerprint density at radius 1 is 0.750 bits per heavy atom. The Bertz CT molecular complexity index is 504. The van der Waals surface area contributed by atoms with Gasteiger partial charge in [0, 0.05) is 4.91 Å². The Morgan fingerprint density at radius 3 is 1.56 bits per heavy atom. The standard InChI is InChI=1S/C24H53N3O3Si2/c1-8-9-10-11-12-13-14-15-16-17-18-19-20-23(29-31(2,3)4)24(30-32(5,6)7)22(21-28)26-27-25/h22-24,28H,8-21H2,1-7H3/t22-,23-,24+/m1/s1. The predicted molar refractivity (Wildman–Crippen MR) is 142 cm³/mol. The molecule has 0 saturated heterocycles. The number of aliphatic hydroxyl groups excluding tert-OH is 1. The third kappa shape index (κ3) is 18.1. The molecule has 0 aliphatic rings. The first-order valence-electron chi connectivity index (χ1n) is 13.0. The smallest absolute Gasteiger partial charge is 0.184 e. The summed E-state index contributed by atoms with van der Waals surface area (Å²) in [6.07, 6.45) is 16.2. The van der Waals surface area contributed by atoms with E-state index in [9.17, 15) is 5.11 Å². The topological polar surface area (TPSA) is 87.5 Å². The lowest BCUT2D eigenvalue weighted by molar-refractivity contribution is 0.00928. The molecule has 0 unspecified atom stereocenters. The van der Waals surface area contributed by atoms with E-state index in [1.807, 2.05) is 0 Å². The van der Waals surface area contributed by atoms with Crippen LogP contribution >= 0.6 is 0 Å². The van der Waals surface area contributed by atoms with E-state index >= 15 is 0 Å². The van der Waals surface area contributed by atoms with Gasteiger partial charge in [0.2, 0.25) is 0 Å². The third-order valence-corrected chi connectivity index (χ3v) is 7.46. The summed E-state index contributed by atoms with van der Waals surface area (Å²) in [7, 11) is -3.73. The van der Waals surface area contributed by atoms with Gasteiger partial charge in [-0.05, 0) is 51.2 Å². The molecule has 8 heteroatoms. The van der Waals surface area contributed by atoms with Crippen LogP contribution in [0, 0.1) is 0 Å². The van der Waals surface area contributed by atoms with Crippen molar-refractivity contribution in [2.45, 2.75) is 148 Å². The summed E-state index contributed by atoms with van der Waals surface area (Å²) in [5.74, 6) is 0. The van der Waals surface area contributed by atoms with Crippen LogP contribution in [0.1, 0.15) is 90.4 Å². The fraction of sp³-hybridized carbons (Fsp3) is 1.00. The molecule has 0 aromatic rings. The number of rotatable bonds is 21. The summed E-state index contributed by atoms with van der Waals surface area (Å²) in [6.45, 7) is 15.0. The number of nitrogens with zero attached hydrogens (tertiary/aromatic N) is 3. The summed E-state index contributed by atoms with van der Waals surface area (Å²) in [5, 5.41) is 13.7. The monoisotopic (exact) mass is 487 g/mol. The lowest BCUT2D eigenvalue weighted by atomic mass is 10.00. The van der Waals surface area contributed by atoms with Crippen molar-refractivity contribution in [2.24, 2.45) is 5.11 Å². The van der Waals surface area contributed by atoms with Crippen LogP contribution in [0.25, 0.3) is 10.4 Å². The average Bonchev–Trinajstić information content (AvgIpc) is 2.69. The van der Waals surface area contributed by atoms with E-state index < -0.39 is 22.7 Å². The number of azide groups is 1. The van der Waals surface area contributed by atoms with Crippen LogP contribution < -0.4 is 0 Å². The van der Waals surface area contributed by atoms with Crippen molar-refractivity contribution in [3.8, 4) is 0 Å². The van der Waals surface area contributed by atoms with E-state index in [4.69, 9.17) is 14.4 Å². The normalized spacial score (nSPS) is 15.2. The molecule has 0 heterocycles. The fourth-order valence-electron chi connectivity index (χ4n) is 4.01. The summed E-state index contributed by atoms with van der Waals surface area (Å²) in [4.78, 5) is 2.96. The van der Waals surface area contributed by atoms with Gasteiger partial charge in [0.15, 0.2) is 16.6 Å². The highest BCUT2D eigenvalue weighted by atomic mass is 28.4. The number of aliphatic hydroxyl groups is 1. The van der Waals surface area contributed by atoms with E-state index in [1.165, 1.54) is 70.6 Å². The number of hydrogen-bond donors (Lipinski definition) is 1. The molecule has 0 bridgehead atoms. The van der Waals surface area contributed by atoms with Crippen LogP contribution in [-0.4, -0.2) is 46.6 Å². The van der Waals surface area contributed by atoms with Crippen molar-refractivity contribution >= 4 is 16.6 Å². The molecule has 0 radical (unpaired) electrons. The van der Waals surface area contributed by atoms with Crippen LogP contribution in [0.2, 0.25) is 39.3 Å². The van der Waals surface area contributed by atoms with E-state index in [2.05, 4.69) is 56.2 Å². The molecule has 6 nitrogen and oxygen atoms in total. The Kier molecular flexibility index (Phi) is 17.8. The maximum absolute atomic E-state index is 9.87. The van der Waals surface area contributed by atoms with E-state index in [0.29, 0.717) is 0 Å². The predicted octanol–water partition coefficient (Wildman–Crippen LogP) is 8.19. The van der Waals surface area contributed by atoms with Gasteiger partial charge in [0.05, 0.1) is 24.9 Å². The molecule has 190 valence electrons. The zero-order valence-electron chi connectivity index (χ0n) is 22.2. The van der Waals surface area contributed by atoms with Crippen LogP contribution in [0.15, 0.2) is 5.11 Å². The highest BCUT2D eigenvalue weighted by Crippen LogP contribution is 2.25. The summed E-state index contributed by atoms with van der Waals surface area (Å²) in [6, 6.07) is -0.606. The van der Waals surface area contributed by atoms with Crippen molar-refractivity contribution in [3.63, 3.8) is 0 Å². The van der Waals surface area contributed by atoms with Gasteiger partial charge in [0.25, 0.3) is 0 Å². The van der Waals surface area contributed by atoms with Crippen LogP contribution in [0.3, 0.4) is 0 Å². The Labute approximate surface area is 200 Å². The van der Waals surface area contributed by atoms with Crippen molar-refractivity contribution in [1.82, 2.24) is 0 Å². The highest BCUT2D eigenvalue weighted by Gasteiger charge is 2.36. The molecule has 0 aromatic carbocycles. The van der Waals surface area contributed by atoms with Crippen molar-refractivity contribution in [2.75, 3.05) is 6.61 Å². The Morgan fingerprint density at radius 2 is 1.19 bits per heavy atom. The maximum Gasteiger partial charge on any atom is 0.184 e. The molecule has 3 atom stereocenters. The van der Waals surface area contributed by atoms with E-state index in [-0.39, 0.29) is 18.8 Å². The molecule has 32 heavy (non-hydrogen) atoms. The molecular weight excluding hydrogens is 434 g/mol. The lowest BCUT2D eigenvalue weighted by Crippen LogP contribution is -2.50. The molecule has 0 rings (SSSR count). The Balaban J connectivity index is 4.60. The molecule has 0 amide bonds. The Hall–Kier alpha value is -0.376. The molecule has 0 fully saturated rings. The molecule has 1 N–H and O–H groups in total. The van der Waals surface area contributed by atoms with Crippen molar-refractivity contribution in [1.29, 1.82) is 0 Å². The number of unbranched alkanes of at least 4 members (excludes halogenated alkanes) is 11. The second-order valence-electron chi connectivity index (χ2n) is 11.1. The lowest BCUT2D eigenvalue weighted by Gasteiger charge is -2.38. The summed E-state index contributed by atoms with van der Waals surface area (Å²) < 4.78 is 12.9. The van der Waals surface area contributed by atoms with Gasteiger partial charge >= 0.3 is 0 Å². The second-order valence-corrected chi connectivity index (χ2v) is 20.0. The van der Waals surface area contributed by atoms with Crippen molar-refractivity contribution < 1.29 is 14.0 Å². The average molecular weight is 488 g/mol.